The lowest BCUT2D eigenvalue weighted by Crippen LogP contribution is -2.33. The third-order valence-corrected chi connectivity index (χ3v) is 5.49. The Morgan fingerprint density at radius 1 is 1.24 bits per heavy atom. The van der Waals surface area contributed by atoms with Crippen LogP contribution in [0.1, 0.15) is 18.8 Å². The quantitative estimate of drug-likeness (QED) is 0.312. The topological polar surface area (TPSA) is 154 Å². The number of thioether (sulfide) groups is 1. The Labute approximate surface area is 170 Å². The fourth-order valence-electron chi connectivity index (χ4n) is 3.27. The van der Waals surface area contributed by atoms with E-state index in [4.69, 9.17) is 4.74 Å². The molecule has 0 amide bonds. The molecule has 11 nitrogen and oxygen atoms in total. The molecule has 1 aliphatic rings. The van der Waals surface area contributed by atoms with E-state index in [-0.39, 0.29) is 0 Å². The van der Waals surface area contributed by atoms with Crippen LogP contribution in [0.3, 0.4) is 0 Å². The van der Waals surface area contributed by atoms with Crippen LogP contribution >= 0.6 is 11.8 Å². The number of fused-ring (bicyclic) bond motifs is 1. The predicted molar refractivity (Wildman–Crippen MR) is 106 cm³/mol. The number of anilines is 1. The maximum absolute atomic E-state index is 10.3. The van der Waals surface area contributed by atoms with Gasteiger partial charge in [-0.25, -0.2) is 19.9 Å². The first-order valence-corrected chi connectivity index (χ1v) is 10.3. The third kappa shape index (κ3) is 3.94. The van der Waals surface area contributed by atoms with Crippen LogP contribution in [0.15, 0.2) is 24.0 Å². The summed E-state index contributed by atoms with van der Waals surface area (Å²) in [6.07, 6.45) is 1.29. The molecule has 4 atom stereocenters. The van der Waals surface area contributed by atoms with Gasteiger partial charge >= 0.3 is 0 Å². The molecule has 0 spiro atoms. The fourth-order valence-corrected chi connectivity index (χ4v) is 3.87. The minimum Gasteiger partial charge on any atom is -0.394 e. The van der Waals surface area contributed by atoms with Crippen LogP contribution in [0.4, 0.5) is 5.82 Å². The highest BCUT2D eigenvalue weighted by Gasteiger charge is 2.44. The Morgan fingerprint density at radius 3 is 2.86 bits per heavy atom. The highest BCUT2D eigenvalue weighted by Crippen LogP contribution is 2.32. The maximum Gasteiger partial charge on any atom is 0.167 e. The van der Waals surface area contributed by atoms with Gasteiger partial charge in [0.05, 0.1) is 12.9 Å². The number of ether oxygens (including phenoxy) is 1. The number of nitrogens with zero attached hydrogens (tertiary/aromatic N) is 5. The van der Waals surface area contributed by atoms with Crippen LogP contribution in [-0.4, -0.2) is 82.0 Å². The number of hydrogen-bond donors (Lipinski definition) is 5. The highest BCUT2D eigenvalue weighted by atomic mass is 32.2. The monoisotopic (exact) mass is 421 g/mol. The highest BCUT2D eigenvalue weighted by molar-refractivity contribution is 7.99. The Morgan fingerprint density at radius 2 is 2.10 bits per heavy atom. The molecule has 5 N–H and O–H groups in total. The number of rotatable bonds is 8. The molecule has 1 aliphatic heterocycles. The van der Waals surface area contributed by atoms with Gasteiger partial charge in [0.25, 0.3) is 0 Å². The van der Waals surface area contributed by atoms with Crippen molar-refractivity contribution in [1.82, 2.24) is 29.5 Å². The Bertz CT molecular complexity index is 964. The third-order valence-electron chi connectivity index (χ3n) is 4.72. The standard InChI is InChI=1S/C17H23N7O4S/c1-2-29-17-19-5-9(23-17)3-4-18-14-11-15(21-7-20-14)24(8-22-11)16-13(27)12(26)10(6-25)28-16/h5,7-8,10,12-13,16,25-27H,2-4,6H2,1H3,(H,19,23)(H,18,20,21)/t10-,12-,13-,16-/m1/s1. The van der Waals surface area contributed by atoms with E-state index in [0.717, 1.165) is 23.0 Å². The summed E-state index contributed by atoms with van der Waals surface area (Å²) in [5.41, 5.74) is 2.01. The van der Waals surface area contributed by atoms with E-state index >= 15 is 0 Å². The molecule has 4 heterocycles. The van der Waals surface area contributed by atoms with Crippen molar-refractivity contribution >= 4 is 28.7 Å². The molecule has 0 aromatic carbocycles. The van der Waals surface area contributed by atoms with E-state index in [1.807, 2.05) is 6.20 Å². The van der Waals surface area contributed by atoms with Crippen molar-refractivity contribution in [2.45, 2.75) is 43.0 Å². The Kier molecular flexibility index (Phi) is 5.96. The van der Waals surface area contributed by atoms with E-state index in [0.29, 0.717) is 23.5 Å². The molecule has 3 aromatic heterocycles. The summed E-state index contributed by atoms with van der Waals surface area (Å²) in [6.45, 7) is 2.30. The zero-order valence-corrected chi connectivity index (χ0v) is 16.6. The summed E-state index contributed by atoms with van der Waals surface area (Å²) in [6, 6.07) is 0. The number of aliphatic hydroxyl groups excluding tert-OH is 3. The maximum atomic E-state index is 10.3. The minimum absolute atomic E-state index is 0.394. The lowest BCUT2D eigenvalue weighted by molar-refractivity contribution is -0.0511. The first-order valence-electron chi connectivity index (χ1n) is 9.33. The van der Waals surface area contributed by atoms with Gasteiger partial charge in [0.15, 0.2) is 28.4 Å². The Hall–Kier alpha value is -2.25. The van der Waals surface area contributed by atoms with Crippen molar-refractivity contribution in [2.75, 3.05) is 24.2 Å². The molecule has 0 aliphatic carbocycles. The molecule has 1 fully saturated rings. The molecule has 1 saturated heterocycles. The van der Waals surface area contributed by atoms with Gasteiger partial charge in [-0.15, -0.1) is 0 Å². The van der Waals surface area contributed by atoms with Crippen LogP contribution < -0.4 is 5.32 Å². The van der Waals surface area contributed by atoms with E-state index in [1.54, 1.807) is 11.8 Å². The molecule has 29 heavy (non-hydrogen) atoms. The Balaban J connectivity index is 1.47. The summed E-state index contributed by atoms with van der Waals surface area (Å²) in [7, 11) is 0. The van der Waals surface area contributed by atoms with E-state index in [9.17, 15) is 15.3 Å². The normalized spacial score (nSPS) is 24.4. The van der Waals surface area contributed by atoms with E-state index < -0.39 is 31.1 Å². The first-order chi connectivity index (χ1) is 14.1. The van der Waals surface area contributed by atoms with Crippen molar-refractivity contribution in [3.05, 3.63) is 24.5 Å². The number of aromatic nitrogens is 6. The summed E-state index contributed by atoms with van der Waals surface area (Å²) in [5, 5.41) is 33.7. The molecule has 3 aromatic rings. The number of H-pyrrole nitrogens is 1. The SMILES string of the molecule is CCSc1ncc(CCNc2ncnc3c2ncn3[C@@H]2O[C@H](CO)[C@@H](O)[C@H]2O)[nH]1. The van der Waals surface area contributed by atoms with Gasteiger partial charge in [-0.3, -0.25) is 4.57 Å². The second-order valence-electron chi connectivity index (χ2n) is 6.60. The average Bonchev–Trinajstić information content (AvgIpc) is 3.42. The average molecular weight is 421 g/mol. The molecule has 12 heteroatoms. The van der Waals surface area contributed by atoms with Crippen LogP contribution in [0.2, 0.25) is 0 Å². The van der Waals surface area contributed by atoms with Crippen molar-refractivity contribution in [1.29, 1.82) is 0 Å². The van der Waals surface area contributed by atoms with Gasteiger partial charge in [0, 0.05) is 24.9 Å². The molecule has 0 saturated carbocycles. The largest absolute Gasteiger partial charge is 0.394 e. The smallest absolute Gasteiger partial charge is 0.167 e. The van der Waals surface area contributed by atoms with Crippen LogP contribution in [0.25, 0.3) is 11.2 Å². The number of imidazole rings is 2. The van der Waals surface area contributed by atoms with Crippen molar-refractivity contribution in [2.24, 2.45) is 0 Å². The molecule has 0 bridgehead atoms. The second kappa shape index (κ2) is 8.63. The van der Waals surface area contributed by atoms with Gasteiger partial charge < -0.3 is 30.4 Å². The molecule has 0 unspecified atom stereocenters. The number of hydrogen-bond acceptors (Lipinski definition) is 10. The fraction of sp³-hybridized carbons (Fsp3) is 0.529. The second-order valence-corrected chi connectivity index (χ2v) is 7.85. The lowest BCUT2D eigenvalue weighted by Gasteiger charge is -2.16. The zero-order chi connectivity index (χ0) is 20.4. The predicted octanol–water partition coefficient (Wildman–Crippen LogP) is -0.0725. The molecule has 156 valence electrons. The lowest BCUT2D eigenvalue weighted by atomic mass is 10.1. The first kappa shape index (κ1) is 20.0. The van der Waals surface area contributed by atoms with Gasteiger partial charge in [0.2, 0.25) is 0 Å². The molecular weight excluding hydrogens is 398 g/mol. The van der Waals surface area contributed by atoms with Crippen LogP contribution in [0, 0.1) is 0 Å². The van der Waals surface area contributed by atoms with Crippen molar-refractivity contribution < 1.29 is 20.1 Å². The van der Waals surface area contributed by atoms with Crippen molar-refractivity contribution in [3.8, 4) is 0 Å². The number of aromatic amines is 1. The van der Waals surface area contributed by atoms with Crippen molar-refractivity contribution in [3.63, 3.8) is 0 Å². The van der Waals surface area contributed by atoms with Gasteiger partial charge in [-0.2, -0.15) is 0 Å². The van der Waals surface area contributed by atoms with Gasteiger partial charge in [0.1, 0.15) is 24.6 Å². The summed E-state index contributed by atoms with van der Waals surface area (Å²) >= 11 is 1.66. The minimum atomic E-state index is -1.20. The van der Waals surface area contributed by atoms with Gasteiger partial charge in [-0.05, 0) is 5.75 Å². The van der Waals surface area contributed by atoms with Gasteiger partial charge in [-0.1, -0.05) is 18.7 Å². The van der Waals surface area contributed by atoms with E-state index in [1.165, 1.54) is 17.2 Å². The number of aliphatic hydroxyl groups is 3. The molecule has 0 radical (unpaired) electrons. The summed E-state index contributed by atoms with van der Waals surface area (Å²) in [4.78, 5) is 20.4. The van der Waals surface area contributed by atoms with Crippen LogP contribution in [-0.2, 0) is 11.2 Å². The summed E-state index contributed by atoms with van der Waals surface area (Å²) < 4.78 is 7.10. The zero-order valence-electron chi connectivity index (χ0n) is 15.8. The van der Waals surface area contributed by atoms with Crippen LogP contribution in [0.5, 0.6) is 0 Å². The summed E-state index contributed by atoms with van der Waals surface area (Å²) in [5.74, 6) is 1.52. The van der Waals surface area contributed by atoms with E-state index in [2.05, 4.69) is 37.2 Å². The number of nitrogens with one attached hydrogen (secondary N) is 2. The molecule has 4 rings (SSSR count). The molecular formula is C17H23N7O4S.